The Labute approximate surface area is 96.0 Å². The molecule has 94 valence electrons. The summed E-state index contributed by atoms with van der Waals surface area (Å²) in [6.45, 7) is 2.01. The summed E-state index contributed by atoms with van der Waals surface area (Å²) in [5, 5.41) is 10.6. The van der Waals surface area contributed by atoms with Crippen molar-refractivity contribution < 1.29 is 13.2 Å². The van der Waals surface area contributed by atoms with Crippen molar-refractivity contribution in [3.8, 4) is 0 Å². The van der Waals surface area contributed by atoms with Gasteiger partial charge in [-0.2, -0.15) is 0 Å². The molecule has 0 aliphatic carbocycles. The largest absolute Gasteiger partial charge is 0.355 e. The number of amides is 1. The Morgan fingerprint density at radius 3 is 2.56 bits per heavy atom. The summed E-state index contributed by atoms with van der Waals surface area (Å²) in [7, 11) is -3.48. The van der Waals surface area contributed by atoms with Gasteiger partial charge in [0.2, 0.25) is 15.9 Å². The van der Waals surface area contributed by atoms with Crippen molar-refractivity contribution in [2.45, 2.75) is 19.3 Å². The topological polar surface area (TPSA) is 101 Å². The summed E-state index contributed by atoms with van der Waals surface area (Å²) in [5.41, 5.74) is 0. The third kappa shape index (κ3) is 6.04. The highest BCUT2D eigenvalue weighted by Crippen LogP contribution is 2.15. The Hall–Kier alpha value is -0.660. The van der Waals surface area contributed by atoms with Crippen LogP contribution in [0.25, 0.3) is 0 Å². The molecule has 6 nitrogen and oxygen atoms in total. The molecule has 1 fully saturated rings. The Kier molecular flexibility index (Phi) is 5.17. The van der Waals surface area contributed by atoms with E-state index in [1.807, 2.05) is 0 Å². The minimum Gasteiger partial charge on any atom is -0.355 e. The Morgan fingerprint density at radius 1 is 1.38 bits per heavy atom. The molecule has 0 saturated carbocycles. The summed E-state index contributed by atoms with van der Waals surface area (Å²) in [4.78, 5) is 11.4. The molecule has 16 heavy (non-hydrogen) atoms. The van der Waals surface area contributed by atoms with Gasteiger partial charge in [-0.15, -0.1) is 0 Å². The van der Waals surface area contributed by atoms with Crippen molar-refractivity contribution in [3.63, 3.8) is 0 Å². The molecule has 1 amide bonds. The van der Waals surface area contributed by atoms with Gasteiger partial charge in [0.15, 0.2) is 0 Å². The monoisotopic (exact) mass is 249 g/mol. The van der Waals surface area contributed by atoms with Gasteiger partial charge in [-0.3, -0.25) is 4.79 Å². The molecule has 1 saturated heterocycles. The summed E-state index contributed by atoms with van der Waals surface area (Å²) in [5.74, 6) is 0.122. The van der Waals surface area contributed by atoms with Gasteiger partial charge in [-0.1, -0.05) is 0 Å². The Morgan fingerprint density at radius 2 is 2.00 bits per heavy atom. The van der Waals surface area contributed by atoms with Crippen molar-refractivity contribution >= 4 is 15.9 Å². The lowest BCUT2D eigenvalue weighted by Crippen LogP contribution is -2.35. The molecule has 1 aliphatic heterocycles. The van der Waals surface area contributed by atoms with Crippen molar-refractivity contribution in [1.29, 1.82) is 0 Å². The molecule has 7 heteroatoms. The lowest BCUT2D eigenvalue weighted by atomic mass is 9.94. The van der Waals surface area contributed by atoms with Gasteiger partial charge in [-0.05, 0) is 31.8 Å². The molecule has 0 aromatic heterocycles. The van der Waals surface area contributed by atoms with Crippen LogP contribution in [-0.4, -0.2) is 39.7 Å². The van der Waals surface area contributed by atoms with E-state index in [0.29, 0.717) is 12.3 Å². The van der Waals surface area contributed by atoms with Gasteiger partial charge in [0.1, 0.15) is 0 Å². The second-order valence-electron chi connectivity index (χ2n) is 4.11. The Bertz CT molecular complexity index is 323. The first kappa shape index (κ1) is 13.4. The van der Waals surface area contributed by atoms with Gasteiger partial charge < -0.3 is 10.6 Å². The van der Waals surface area contributed by atoms with Crippen LogP contribution >= 0.6 is 0 Å². The summed E-state index contributed by atoms with van der Waals surface area (Å²) in [6.07, 6.45) is 2.48. The molecule has 0 aromatic carbocycles. The quantitative estimate of drug-likeness (QED) is 0.568. The van der Waals surface area contributed by atoms with E-state index in [2.05, 4.69) is 10.6 Å². The number of nitrogens with two attached hydrogens (primary N) is 1. The fourth-order valence-electron chi connectivity index (χ4n) is 1.75. The Balaban J connectivity index is 2.15. The zero-order valence-corrected chi connectivity index (χ0v) is 10.1. The van der Waals surface area contributed by atoms with E-state index in [9.17, 15) is 13.2 Å². The number of piperidine rings is 1. The lowest BCUT2D eigenvalue weighted by molar-refractivity contribution is -0.122. The molecule has 0 atom stereocenters. The van der Waals surface area contributed by atoms with Crippen molar-refractivity contribution in [2.75, 3.05) is 25.4 Å². The van der Waals surface area contributed by atoms with Crippen molar-refractivity contribution in [2.24, 2.45) is 11.1 Å². The predicted molar refractivity (Wildman–Crippen MR) is 61.2 cm³/mol. The van der Waals surface area contributed by atoms with Crippen LogP contribution in [0.15, 0.2) is 0 Å². The maximum Gasteiger partial charge on any atom is 0.220 e. The molecule has 0 spiro atoms. The van der Waals surface area contributed by atoms with Crippen LogP contribution in [0.1, 0.15) is 19.3 Å². The van der Waals surface area contributed by atoms with E-state index in [-0.39, 0.29) is 18.2 Å². The molecule has 0 radical (unpaired) electrons. The SMILES string of the molecule is NS(=O)(=O)CCNC(=O)CC1CCNCC1. The molecule has 4 N–H and O–H groups in total. The van der Waals surface area contributed by atoms with Crippen LogP contribution in [0.4, 0.5) is 0 Å². The summed E-state index contributed by atoms with van der Waals surface area (Å²) < 4.78 is 21.2. The predicted octanol–water partition coefficient (Wildman–Crippen LogP) is -1.22. The third-order valence-corrected chi connectivity index (χ3v) is 3.41. The number of carbonyl (C=O) groups excluding carboxylic acids is 1. The van der Waals surface area contributed by atoms with Gasteiger partial charge in [0.25, 0.3) is 0 Å². The van der Waals surface area contributed by atoms with Crippen molar-refractivity contribution in [3.05, 3.63) is 0 Å². The van der Waals surface area contributed by atoms with Gasteiger partial charge in [0.05, 0.1) is 5.75 Å². The summed E-state index contributed by atoms with van der Waals surface area (Å²) in [6, 6.07) is 0. The third-order valence-electron chi connectivity index (χ3n) is 2.64. The minimum atomic E-state index is -3.48. The molecule has 1 heterocycles. The maximum absolute atomic E-state index is 11.4. The highest BCUT2D eigenvalue weighted by molar-refractivity contribution is 7.89. The highest BCUT2D eigenvalue weighted by Gasteiger charge is 2.16. The van der Waals surface area contributed by atoms with E-state index in [1.165, 1.54) is 0 Å². The number of nitrogens with one attached hydrogen (secondary N) is 2. The molecule has 0 unspecified atom stereocenters. The van der Waals surface area contributed by atoms with Crippen LogP contribution in [0, 0.1) is 5.92 Å². The van der Waals surface area contributed by atoms with E-state index in [4.69, 9.17) is 5.14 Å². The van der Waals surface area contributed by atoms with E-state index in [0.717, 1.165) is 25.9 Å². The number of primary sulfonamides is 1. The smallest absolute Gasteiger partial charge is 0.220 e. The molecule has 1 aliphatic rings. The lowest BCUT2D eigenvalue weighted by Gasteiger charge is -2.21. The first-order valence-electron chi connectivity index (χ1n) is 5.45. The van der Waals surface area contributed by atoms with Crippen LogP contribution < -0.4 is 15.8 Å². The van der Waals surface area contributed by atoms with Crippen LogP contribution in [0.2, 0.25) is 0 Å². The number of hydrogen-bond acceptors (Lipinski definition) is 4. The average Bonchev–Trinajstić information content (AvgIpc) is 2.17. The molecule has 0 aromatic rings. The summed E-state index contributed by atoms with van der Waals surface area (Å²) >= 11 is 0. The number of hydrogen-bond donors (Lipinski definition) is 3. The minimum absolute atomic E-state index is 0.0875. The first-order valence-corrected chi connectivity index (χ1v) is 7.17. The van der Waals surface area contributed by atoms with Gasteiger partial charge in [0, 0.05) is 13.0 Å². The number of carbonyl (C=O) groups is 1. The zero-order chi connectivity index (χ0) is 12.0. The van der Waals surface area contributed by atoms with E-state index in [1.54, 1.807) is 0 Å². The van der Waals surface area contributed by atoms with Gasteiger partial charge in [-0.25, -0.2) is 13.6 Å². The first-order chi connectivity index (χ1) is 7.47. The van der Waals surface area contributed by atoms with Crippen molar-refractivity contribution in [1.82, 2.24) is 10.6 Å². The number of sulfonamides is 1. The average molecular weight is 249 g/mol. The number of rotatable bonds is 5. The zero-order valence-electron chi connectivity index (χ0n) is 9.24. The molecule has 1 rings (SSSR count). The van der Waals surface area contributed by atoms with E-state index < -0.39 is 10.0 Å². The molecular formula is C9H19N3O3S. The van der Waals surface area contributed by atoms with Gasteiger partial charge >= 0.3 is 0 Å². The van der Waals surface area contributed by atoms with E-state index >= 15 is 0 Å². The highest BCUT2D eigenvalue weighted by atomic mass is 32.2. The van der Waals surface area contributed by atoms with Crippen LogP contribution in [0.3, 0.4) is 0 Å². The molecular weight excluding hydrogens is 230 g/mol. The van der Waals surface area contributed by atoms with Crippen LogP contribution in [0.5, 0.6) is 0 Å². The fraction of sp³-hybridized carbons (Fsp3) is 0.889. The standard InChI is InChI=1S/C9H19N3O3S/c10-16(14,15)6-5-12-9(13)7-8-1-3-11-4-2-8/h8,11H,1-7H2,(H,12,13)(H2,10,14,15). The molecule has 0 bridgehead atoms. The normalized spacial score (nSPS) is 18.3. The maximum atomic E-state index is 11.4. The second kappa shape index (κ2) is 6.17. The van der Waals surface area contributed by atoms with Crippen LogP contribution in [-0.2, 0) is 14.8 Å². The fourth-order valence-corrected chi connectivity index (χ4v) is 2.14. The second-order valence-corrected chi connectivity index (χ2v) is 5.85.